The molecule has 0 spiro atoms. The normalized spacial score (nSPS) is 22.3. The predicted molar refractivity (Wildman–Crippen MR) is 146 cm³/mol. The van der Waals surface area contributed by atoms with Gasteiger partial charge in [0.25, 0.3) is 0 Å². The molecular weight excluding hydrogens is 520 g/mol. The number of imidazole rings is 1. The zero-order valence-corrected chi connectivity index (χ0v) is 22.9. The fourth-order valence-corrected chi connectivity index (χ4v) is 6.27. The molecule has 10 nitrogen and oxygen atoms in total. The van der Waals surface area contributed by atoms with Crippen LogP contribution < -0.4 is 5.76 Å². The molecule has 6 rings (SSSR count). The van der Waals surface area contributed by atoms with E-state index in [1.54, 1.807) is 6.07 Å². The Kier molecular flexibility index (Phi) is 7.03. The SMILES string of the molecule is CC(O)(c1nc2nc(-c3noc(=O)[nH]3)nc(-c3cccc(Cl)c3)c2n1C[C@H]1CC[C@H](C)CC1)C1CCOCC1. The number of halogens is 1. The van der Waals surface area contributed by atoms with Crippen LogP contribution in [0.3, 0.4) is 0 Å². The van der Waals surface area contributed by atoms with Crippen molar-refractivity contribution in [2.45, 2.75) is 64.5 Å². The molecule has 39 heavy (non-hydrogen) atoms. The first kappa shape index (κ1) is 26.2. The number of hydrogen-bond acceptors (Lipinski definition) is 8. The van der Waals surface area contributed by atoms with Crippen molar-refractivity contribution >= 4 is 22.8 Å². The minimum absolute atomic E-state index is 0.0119. The number of aromatic amines is 1. The van der Waals surface area contributed by atoms with E-state index in [0.717, 1.165) is 42.7 Å². The third-order valence-corrected chi connectivity index (χ3v) is 8.63. The molecule has 1 aliphatic heterocycles. The van der Waals surface area contributed by atoms with Crippen molar-refractivity contribution in [3.05, 3.63) is 45.7 Å². The first-order valence-electron chi connectivity index (χ1n) is 13.7. The van der Waals surface area contributed by atoms with E-state index in [-0.39, 0.29) is 17.6 Å². The molecule has 1 saturated carbocycles. The Morgan fingerprint density at radius 3 is 2.59 bits per heavy atom. The standard InChI is InChI=1S/C28H33ClN6O4/c1-16-6-8-17(9-7-16)15-35-22-21(18-4-3-5-20(29)14-18)30-24(25-33-27(36)39-34-25)31-23(22)32-26(35)28(2,37)19-10-12-38-13-11-19/h3-5,14,16-17,19,37H,6-13,15H2,1-2H3,(H,33,34,36)/t16-,17-,28?. The number of aromatic nitrogens is 6. The fraction of sp³-hybridized carbons (Fsp3) is 0.536. The van der Waals surface area contributed by atoms with E-state index in [1.807, 2.05) is 25.1 Å². The number of ether oxygens (including phenoxy) is 1. The quantitative estimate of drug-likeness (QED) is 0.343. The van der Waals surface area contributed by atoms with E-state index in [0.29, 0.717) is 47.9 Å². The Morgan fingerprint density at radius 1 is 1.13 bits per heavy atom. The largest absolute Gasteiger partial charge is 0.439 e. The molecule has 1 aliphatic carbocycles. The van der Waals surface area contributed by atoms with Gasteiger partial charge in [0, 0.05) is 30.3 Å². The van der Waals surface area contributed by atoms with Crippen LogP contribution in [-0.4, -0.2) is 48.0 Å². The van der Waals surface area contributed by atoms with Crippen molar-refractivity contribution in [3.8, 4) is 22.9 Å². The fourth-order valence-electron chi connectivity index (χ4n) is 6.08. The molecule has 2 N–H and O–H groups in total. The second-order valence-electron chi connectivity index (χ2n) is 11.2. The maximum atomic E-state index is 12.1. The molecule has 3 aromatic heterocycles. The lowest BCUT2D eigenvalue weighted by atomic mass is 9.81. The summed E-state index contributed by atoms with van der Waals surface area (Å²) in [6, 6.07) is 7.44. The highest BCUT2D eigenvalue weighted by molar-refractivity contribution is 6.30. The molecule has 0 radical (unpaired) electrons. The minimum Gasteiger partial charge on any atom is -0.382 e. The maximum absolute atomic E-state index is 12.1. The number of nitrogens with zero attached hydrogens (tertiary/aromatic N) is 5. The van der Waals surface area contributed by atoms with E-state index in [4.69, 9.17) is 35.8 Å². The number of hydrogen-bond donors (Lipinski definition) is 2. The minimum atomic E-state index is -1.21. The Balaban J connectivity index is 1.58. The zero-order valence-electron chi connectivity index (χ0n) is 22.2. The highest BCUT2D eigenvalue weighted by atomic mass is 35.5. The summed E-state index contributed by atoms with van der Waals surface area (Å²) in [5.41, 5.74) is 1.32. The maximum Gasteiger partial charge on any atom is 0.439 e. The van der Waals surface area contributed by atoms with E-state index in [1.165, 1.54) is 12.8 Å². The van der Waals surface area contributed by atoms with Gasteiger partial charge in [-0.3, -0.25) is 9.51 Å². The molecule has 1 unspecified atom stereocenters. The van der Waals surface area contributed by atoms with Gasteiger partial charge < -0.3 is 14.4 Å². The average molecular weight is 553 g/mol. The number of fused-ring (bicyclic) bond motifs is 1. The van der Waals surface area contributed by atoms with Crippen LogP contribution in [0.5, 0.6) is 0 Å². The van der Waals surface area contributed by atoms with Crippen molar-refractivity contribution in [2.75, 3.05) is 13.2 Å². The number of nitrogens with one attached hydrogen (secondary N) is 1. The van der Waals surface area contributed by atoms with E-state index in [2.05, 4.69) is 21.6 Å². The summed E-state index contributed by atoms with van der Waals surface area (Å²) in [6.45, 7) is 6.09. The molecule has 4 aromatic rings. The molecule has 2 fully saturated rings. The van der Waals surface area contributed by atoms with Crippen molar-refractivity contribution in [1.29, 1.82) is 0 Å². The molecule has 2 aliphatic rings. The number of rotatable bonds is 6. The Bertz CT molecular complexity index is 1530. The van der Waals surface area contributed by atoms with Crippen LogP contribution in [0.15, 0.2) is 33.6 Å². The van der Waals surface area contributed by atoms with Gasteiger partial charge in [-0.2, -0.15) is 0 Å². The lowest BCUT2D eigenvalue weighted by Crippen LogP contribution is -2.38. The zero-order chi connectivity index (χ0) is 27.1. The molecule has 0 bridgehead atoms. The highest BCUT2D eigenvalue weighted by Crippen LogP contribution is 2.40. The molecule has 4 heterocycles. The van der Waals surface area contributed by atoms with Crippen molar-refractivity contribution in [1.82, 2.24) is 29.7 Å². The summed E-state index contributed by atoms with van der Waals surface area (Å²) >= 11 is 6.40. The van der Waals surface area contributed by atoms with Gasteiger partial charge in [0.1, 0.15) is 22.6 Å². The topological polar surface area (TPSA) is 132 Å². The summed E-state index contributed by atoms with van der Waals surface area (Å²) in [4.78, 5) is 28.8. The van der Waals surface area contributed by atoms with E-state index < -0.39 is 11.4 Å². The van der Waals surface area contributed by atoms with Gasteiger partial charge in [-0.05, 0) is 62.5 Å². The van der Waals surface area contributed by atoms with Crippen molar-refractivity contribution < 1.29 is 14.4 Å². The Hall–Kier alpha value is -3.08. The smallest absolute Gasteiger partial charge is 0.382 e. The van der Waals surface area contributed by atoms with Crippen LogP contribution in [0, 0.1) is 17.8 Å². The number of aliphatic hydroxyl groups is 1. The van der Waals surface area contributed by atoms with Crippen LogP contribution in [0.4, 0.5) is 0 Å². The monoisotopic (exact) mass is 552 g/mol. The third kappa shape index (κ3) is 5.13. The van der Waals surface area contributed by atoms with Crippen LogP contribution in [0.1, 0.15) is 58.2 Å². The molecule has 206 valence electrons. The van der Waals surface area contributed by atoms with Gasteiger partial charge >= 0.3 is 5.76 Å². The summed E-state index contributed by atoms with van der Waals surface area (Å²) in [5, 5.41) is 16.4. The van der Waals surface area contributed by atoms with Gasteiger partial charge in [-0.25, -0.2) is 19.7 Å². The van der Waals surface area contributed by atoms with Crippen LogP contribution in [0.25, 0.3) is 34.1 Å². The van der Waals surface area contributed by atoms with Crippen molar-refractivity contribution in [2.24, 2.45) is 17.8 Å². The van der Waals surface area contributed by atoms with Gasteiger partial charge in [-0.15, -0.1) is 0 Å². The van der Waals surface area contributed by atoms with E-state index in [9.17, 15) is 9.90 Å². The summed E-state index contributed by atoms with van der Waals surface area (Å²) < 4.78 is 12.5. The second-order valence-corrected chi connectivity index (χ2v) is 11.7. The predicted octanol–water partition coefficient (Wildman–Crippen LogP) is 4.95. The van der Waals surface area contributed by atoms with Crippen LogP contribution >= 0.6 is 11.6 Å². The lowest BCUT2D eigenvalue weighted by molar-refractivity contribution is -0.0654. The van der Waals surface area contributed by atoms with Gasteiger partial charge in [-0.1, -0.05) is 48.7 Å². The third-order valence-electron chi connectivity index (χ3n) is 8.40. The Morgan fingerprint density at radius 2 is 1.90 bits per heavy atom. The lowest BCUT2D eigenvalue weighted by Gasteiger charge is -2.36. The van der Waals surface area contributed by atoms with Crippen LogP contribution in [0.2, 0.25) is 5.02 Å². The first-order chi connectivity index (χ1) is 18.8. The summed E-state index contributed by atoms with van der Waals surface area (Å²) in [7, 11) is 0. The molecule has 1 atom stereocenters. The molecule has 11 heteroatoms. The number of benzene rings is 1. The molecule has 1 saturated heterocycles. The van der Waals surface area contributed by atoms with E-state index >= 15 is 0 Å². The Labute approximate surface area is 230 Å². The van der Waals surface area contributed by atoms with Crippen molar-refractivity contribution in [3.63, 3.8) is 0 Å². The van der Waals surface area contributed by atoms with Crippen LogP contribution in [-0.2, 0) is 16.9 Å². The highest BCUT2D eigenvalue weighted by Gasteiger charge is 2.40. The summed E-state index contributed by atoms with van der Waals surface area (Å²) in [5.74, 6) is 1.33. The molecule has 0 amide bonds. The summed E-state index contributed by atoms with van der Waals surface area (Å²) in [6.07, 6.45) is 6.09. The van der Waals surface area contributed by atoms with Gasteiger partial charge in [0.2, 0.25) is 11.6 Å². The number of H-pyrrole nitrogens is 1. The first-order valence-corrected chi connectivity index (χ1v) is 14.1. The second kappa shape index (κ2) is 10.5. The molecular formula is C28H33ClN6O4. The molecule has 1 aromatic carbocycles. The average Bonchev–Trinajstić information content (AvgIpc) is 3.54. The van der Waals surface area contributed by atoms with Gasteiger partial charge in [0.05, 0.1) is 0 Å². The van der Waals surface area contributed by atoms with Gasteiger partial charge in [0.15, 0.2) is 5.65 Å².